The summed E-state index contributed by atoms with van der Waals surface area (Å²) in [5, 5.41) is 9.56. The van der Waals surface area contributed by atoms with Crippen LogP contribution in [0.4, 0.5) is 0 Å². The fourth-order valence-electron chi connectivity index (χ4n) is 2.40. The van der Waals surface area contributed by atoms with Crippen LogP contribution in [-0.2, 0) is 6.54 Å². The first-order chi connectivity index (χ1) is 8.38. The number of aromatic hydroxyl groups is 1. The Bertz CT molecular complexity index is 434. The SMILES string of the molecule is CN1CCN(Cc2cc(O)ccc2Br)CC1(C)C. The number of rotatable bonds is 2. The summed E-state index contributed by atoms with van der Waals surface area (Å²) in [6, 6.07) is 5.46. The van der Waals surface area contributed by atoms with Crippen LogP contribution in [0, 0.1) is 0 Å². The van der Waals surface area contributed by atoms with Crippen molar-refractivity contribution in [1.82, 2.24) is 9.80 Å². The molecule has 1 saturated heterocycles. The molecule has 1 aromatic carbocycles. The molecule has 0 aromatic heterocycles. The van der Waals surface area contributed by atoms with E-state index >= 15 is 0 Å². The standard InChI is InChI=1S/C14H21BrN2O/c1-14(2)10-17(7-6-16(14)3)9-11-8-12(18)4-5-13(11)15/h4-5,8,18H,6-7,9-10H2,1-3H3. The highest BCUT2D eigenvalue weighted by Gasteiger charge is 2.30. The molecule has 0 saturated carbocycles. The molecule has 0 amide bonds. The second-order valence-electron chi connectivity index (χ2n) is 5.72. The van der Waals surface area contributed by atoms with Gasteiger partial charge in [0, 0.05) is 36.2 Å². The summed E-state index contributed by atoms with van der Waals surface area (Å²) in [7, 11) is 2.18. The number of likely N-dealkylation sites (N-methyl/N-ethyl adjacent to an activating group) is 1. The third-order valence-corrected chi connectivity index (χ3v) is 4.59. The van der Waals surface area contributed by atoms with Crippen molar-refractivity contribution in [2.75, 3.05) is 26.7 Å². The molecular weight excluding hydrogens is 292 g/mol. The van der Waals surface area contributed by atoms with E-state index in [-0.39, 0.29) is 5.54 Å². The Morgan fingerprint density at radius 3 is 2.72 bits per heavy atom. The summed E-state index contributed by atoms with van der Waals surface area (Å²) in [5.41, 5.74) is 1.36. The number of nitrogens with zero attached hydrogens (tertiary/aromatic N) is 2. The maximum absolute atomic E-state index is 9.56. The van der Waals surface area contributed by atoms with Gasteiger partial charge in [-0.1, -0.05) is 15.9 Å². The molecule has 1 fully saturated rings. The molecule has 1 aliphatic rings. The van der Waals surface area contributed by atoms with Gasteiger partial charge in [-0.05, 0) is 44.7 Å². The normalized spacial score (nSPS) is 21.1. The second-order valence-corrected chi connectivity index (χ2v) is 6.57. The van der Waals surface area contributed by atoms with E-state index in [0.717, 1.165) is 36.2 Å². The van der Waals surface area contributed by atoms with Crippen LogP contribution < -0.4 is 0 Å². The van der Waals surface area contributed by atoms with Crippen LogP contribution in [0.5, 0.6) is 5.75 Å². The predicted octanol–water partition coefficient (Wildman–Crippen LogP) is 2.68. The van der Waals surface area contributed by atoms with Crippen LogP contribution in [0.15, 0.2) is 22.7 Å². The van der Waals surface area contributed by atoms with Gasteiger partial charge in [0.2, 0.25) is 0 Å². The first-order valence-corrected chi connectivity index (χ1v) is 7.09. The van der Waals surface area contributed by atoms with E-state index < -0.39 is 0 Å². The Morgan fingerprint density at radius 1 is 1.33 bits per heavy atom. The van der Waals surface area contributed by atoms with Crippen molar-refractivity contribution in [3.8, 4) is 5.75 Å². The fourth-order valence-corrected chi connectivity index (χ4v) is 2.77. The number of hydrogen-bond donors (Lipinski definition) is 1. The molecule has 1 N–H and O–H groups in total. The lowest BCUT2D eigenvalue weighted by Gasteiger charge is -2.45. The smallest absolute Gasteiger partial charge is 0.115 e. The quantitative estimate of drug-likeness (QED) is 0.909. The first-order valence-electron chi connectivity index (χ1n) is 6.29. The largest absolute Gasteiger partial charge is 0.508 e. The van der Waals surface area contributed by atoms with Gasteiger partial charge in [0.25, 0.3) is 0 Å². The maximum Gasteiger partial charge on any atom is 0.115 e. The molecule has 0 atom stereocenters. The Hall–Kier alpha value is -0.580. The van der Waals surface area contributed by atoms with Gasteiger partial charge < -0.3 is 5.11 Å². The molecule has 1 aromatic rings. The zero-order valence-electron chi connectivity index (χ0n) is 11.3. The summed E-state index contributed by atoms with van der Waals surface area (Å²) in [6.45, 7) is 8.64. The van der Waals surface area contributed by atoms with E-state index in [0.29, 0.717) is 5.75 Å². The van der Waals surface area contributed by atoms with Gasteiger partial charge >= 0.3 is 0 Å². The number of hydrogen-bond acceptors (Lipinski definition) is 3. The Morgan fingerprint density at radius 2 is 2.06 bits per heavy atom. The summed E-state index contributed by atoms with van der Waals surface area (Å²) >= 11 is 3.55. The van der Waals surface area contributed by atoms with Gasteiger partial charge in [0.1, 0.15) is 5.75 Å². The number of phenolic OH excluding ortho intramolecular Hbond substituents is 1. The zero-order chi connectivity index (χ0) is 13.3. The first kappa shape index (κ1) is 13.8. The van der Waals surface area contributed by atoms with Crippen molar-refractivity contribution >= 4 is 15.9 Å². The fraction of sp³-hybridized carbons (Fsp3) is 0.571. The lowest BCUT2D eigenvalue weighted by molar-refractivity contribution is 0.0359. The van der Waals surface area contributed by atoms with E-state index in [1.807, 2.05) is 12.1 Å². The molecule has 0 spiro atoms. The summed E-state index contributed by atoms with van der Waals surface area (Å²) in [6.07, 6.45) is 0. The van der Waals surface area contributed by atoms with Crippen LogP contribution in [0.3, 0.4) is 0 Å². The topological polar surface area (TPSA) is 26.7 Å². The number of piperazine rings is 1. The molecule has 18 heavy (non-hydrogen) atoms. The minimum atomic E-state index is 0.210. The van der Waals surface area contributed by atoms with Crippen molar-refractivity contribution in [2.24, 2.45) is 0 Å². The van der Waals surface area contributed by atoms with Crippen molar-refractivity contribution in [3.05, 3.63) is 28.2 Å². The van der Waals surface area contributed by atoms with Crippen LogP contribution in [0.1, 0.15) is 19.4 Å². The van der Waals surface area contributed by atoms with Crippen LogP contribution in [0.25, 0.3) is 0 Å². The van der Waals surface area contributed by atoms with Crippen LogP contribution in [0.2, 0.25) is 0 Å². The molecule has 4 heteroatoms. The monoisotopic (exact) mass is 312 g/mol. The van der Waals surface area contributed by atoms with Gasteiger partial charge in [-0.2, -0.15) is 0 Å². The predicted molar refractivity (Wildman–Crippen MR) is 77.8 cm³/mol. The summed E-state index contributed by atoms with van der Waals surface area (Å²) < 4.78 is 1.07. The molecule has 3 nitrogen and oxygen atoms in total. The molecule has 0 aliphatic carbocycles. The molecule has 0 bridgehead atoms. The van der Waals surface area contributed by atoms with Gasteiger partial charge in [-0.25, -0.2) is 0 Å². The number of halogens is 1. The molecule has 1 heterocycles. The van der Waals surface area contributed by atoms with Crippen LogP contribution >= 0.6 is 15.9 Å². The molecule has 1 aliphatic heterocycles. The molecular formula is C14H21BrN2O. The third kappa shape index (κ3) is 3.05. The van der Waals surface area contributed by atoms with Gasteiger partial charge in [-0.15, -0.1) is 0 Å². The van der Waals surface area contributed by atoms with E-state index in [4.69, 9.17) is 0 Å². The average molecular weight is 313 g/mol. The number of benzene rings is 1. The molecule has 100 valence electrons. The molecule has 0 radical (unpaired) electrons. The third-order valence-electron chi connectivity index (χ3n) is 3.82. The highest BCUT2D eigenvalue weighted by atomic mass is 79.9. The van der Waals surface area contributed by atoms with Gasteiger partial charge in [0.15, 0.2) is 0 Å². The Labute approximate surface area is 118 Å². The second kappa shape index (κ2) is 5.19. The molecule has 0 unspecified atom stereocenters. The number of phenols is 1. The van der Waals surface area contributed by atoms with Crippen LogP contribution in [-0.4, -0.2) is 47.1 Å². The minimum Gasteiger partial charge on any atom is -0.508 e. The zero-order valence-corrected chi connectivity index (χ0v) is 12.9. The molecule has 2 rings (SSSR count). The van der Waals surface area contributed by atoms with Crippen molar-refractivity contribution < 1.29 is 5.11 Å². The van der Waals surface area contributed by atoms with Gasteiger partial charge in [-0.3, -0.25) is 9.80 Å². The lowest BCUT2D eigenvalue weighted by Crippen LogP contribution is -2.57. The van der Waals surface area contributed by atoms with Crippen molar-refractivity contribution in [1.29, 1.82) is 0 Å². The summed E-state index contributed by atoms with van der Waals surface area (Å²) in [4.78, 5) is 4.85. The highest BCUT2D eigenvalue weighted by Crippen LogP contribution is 2.26. The lowest BCUT2D eigenvalue weighted by atomic mass is 9.99. The van der Waals surface area contributed by atoms with Gasteiger partial charge in [0.05, 0.1) is 0 Å². The Kier molecular flexibility index (Phi) is 3.99. The van der Waals surface area contributed by atoms with E-state index in [1.54, 1.807) is 6.07 Å². The average Bonchev–Trinajstić information content (AvgIpc) is 2.28. The summed E-state index contributed by atoms with van der Waals surface area (Å²) in [5.74, 6) is 0.335. The van der Waals surface area contributed by atoms with E-state index in [2.05, 4.69) is 46.6 Å². The van der Waals surface area contributed by atoms with E-state index in [1.165, 1.54) is 0 Å². The van der Waals surface area contributed by atoms with Crippen molar-refractivity contribution in [2.45, 2.75) is 25.9 Å². The Balaban J connectivity index is 2.08. The van der Waals surface area contributed by atoms with Crippen molar-refractivity contribution in [3.63, 3.8) is 0 Å². The highest BCUT2D eigenvalue weighted by molar-refractivity contribution is 9.10. The maximum atomic E-state index is 9.56. The van der Waals surface area contributed by atoms with E-state index in [9.17, 15) is 5.11 Å². The minimum absolute atomic E-state index is 0.210.